The number of nitrogens with zero attached hydrogens (tertiary/aromatic N) is 2. The molecular weight excluding hydrogens is 236 g/mol. The van der Waals surface area contributed by atoms with Gasteiger partial charge in [-0.15, -0.1) is 0 Å². The number of carbonyl (C=O) groups is 1. The van der Waals surface area contributed by atoms with Gasteiger partial charge in [0.15, 0.2) is 0 Å². The number of hydrogen-bond acceptors (Lipinski definition) is 2. The van der Waals surface area contributed by atoms with Crippen LogP contribution in [0.25, 0.3) is 0 Å². The zero-order chi connectivity index (χ0) is 13.1. The molecule has 1 aromatic rings. The third kappa shape index (κ3) is 1.70. The SMILES string of the molecule is CC(C)n1ccc(CC(=O)C2C3C4CCC(C4)C23)n1. The Morgan fingerprint density at radius 2 is 2.05 bits per heavy atom. The molecule has 0 N–H and O–H groups in total. The average Bonchev–Trinajstić information content (AvgIpc) is 2.75. The van der Waals surface area contributed by atoms with Gasteiger partial charge < -0.3 is 0 Å². The van der Waals surface area contributed by atoms with Crippen molar-refractivity contribution in [1.29, 1.82) is 0 Å². The topological polar surface area (TPSA) is 34.9 Å². The Kier molecular flexibility index (Phi) is 2.42. The molecule has 1 heterocycles. The minimum absolute atomic E-state index is 0.375. The van der Waals surface area contributed by atoms with Gasteiger partial charge >= 0.3 is 0 Å². The standard InChI is InChI=1S/C16H22N2O/c1-9(2)18-6-5-12(17-18)8-13(19)16-14-10-3-4-11(7-10)15(14)16/h5-6,9-11,14-16H,3-4,7-8H2,1-2H3. The Bertz CT molecular complexity index is 503. The van der Waals surface area contributed by atoms with Crippen LogP contribution in [0.4, 0.5) is 0 Å². The van der Waals surface area contributed by atoms with E-state index in [2.05, 4.69) is 18.9 Å². The van der Waals surface area contributed by atoms with E-state index in [4.69, 9.17) is 0 Å². The summed E-state index contributed by atoms with van der Waals surface area (Å²) in [4.78, 5) is 12.4. The van der Waals surface area contributed by atoms with E-state index in [0.717, 1.165) is 29.4 Å². The first-order chi connectivity index (χ1) is 9.15. The van der Waals surface area contributed by atoms with Crippen molar-refractivity contribution in [2.45, 2.75) is 45.6 Å². The molecular formula is C16H22N2O. The van der Waals surface area contributed by atoms with E-state index >= 15 is 0 Å². The number of fused-ring (bicyclic) bond motifs is 5. The number of Topliss-reactive ketones (excluding diaryl/α,β-unsaturated/α-hetero) is 1. The fourth-order valence-corrected chi connectivity index (χ4v) is 4.81. The van der Waals surface area contributed by atoms with E-state index in [0.29, 0.717) is 24.2 Å². The highest BCUT2D eigenvalue weighted by Gasteiger charge is 2.66. The summed E-state index contributed by atoms with van der Waals surface area (Å²) in [6.45, 7) is 4.23. The first-order valence-corrected chi connectivity index (χ1v) is 7.72. The summed E-state index contributed by atoms with van der Waals surface area (Å²) in [7, 11) is 0. The Balaban J connectivity index is 1.42. The van der Waals surface area contributed by atoms with E-state index in [1.54, 1.807) is 0 Å². The van der Waals surface area contributed by atoms with Crippen molar-refractivity contribution in [2.24, 2.45) is 29.6 Å². The molecule has 4 atom stereocenters. The summed E-state index contributed by atoms with van der Waals surface area (Å²) in [5.41, 5.74) is 0.955. The highest BCUT2D eigenvalue weighted by atomic mass is 16.1. The summed E-state index contributed by atoms with van der Waals surface area (Å²) in [5.74, 6) is 4.15. The molecule has 3 saturated carbocycles. The molecule has 19 heavy (non-hydrogen) atoms. The highest BCUT2D eigenvalue weighted by Crippen LogP contribution is 2.69. The third-order valence-corrected chi connectivity index (χ3v) is 5.66. The second kappa shape index (κ2) is 3.94. The first-order valence-electron chi connectivity index (χ1n) is 7.72. The number of carbonyl (C=O) groups excluding carboxylic acids is 1. The van der Waals surface area contributed by atoms with Crippen LogP contribution < -0.4 is 0 Å². The molecule has 3 aliphatic rings. The second-order valence-corrected chi connectivity index (χ2v) is 7.04. The van der Waals surface area contributed by atoms with E-state index in [9.17, 15) is 4.79 Å². The van der Waals surface area contributed by atoms with Gasteiger partial charge in [-0.3, -0.25) is 9.48 Å². The van der Waals surface area contributed by atoms with Crippen LogP contribution in [0.3, 0.4) is 0 Å². The quantitative estimate of drug-likeness (QED) is 0.832. The molecule has 3 fully saturated rings. The highest BCUT2D eigenvalue weighted by molar-refractivity contribution is 5.86. The van der Waals surface area contributed by atoms with Crippen LogP contribution in [0.15, 0.2) is 12.3 Å². The van der Waals surface area contributed by atoms with Crippen LogP contribution in [0.5, 0.6) is 0 Å². The van der Waals surface area contributed by atoms with Crippen LogP contribution in [-0.2, 0) is 11.2 Å². The Labute approximate surface area is 114 Å². The minimum Gasteiger partial charge on any atom is -0.299 e. The molecule has 0 aromatic carbocycles. The summed E-state index contributed by atoms with van der Waals surface area (Å²) in [6.07, 6.45) is 6.73. The lowest BCUT2D eigenvalue weighted by molar-refractivity contribution is -0.120. The molecule has 0 spiro atoms. The van der Waals surface area contributed by atoms with Gasteiger partial charge in [-0.2, -0.15) is 5.10 Å². The maximum atomic E-state index is 12.4. The maximum Gasteiger partial charge on any atom is 0.142 e. The van der Waals surface area contributed by atoms with Gasteiger partial charge in [0.25, 0.3) is 0 Å². The van der Waals surface area contributed by atoms with Crippen molar-refractivity contribution in [2.75, 3.05) is 0 Å². The van der Waals surface area contributed by atoms with Gasteiger partial charge in [-0.25, -0.2) is 0 Å². The molecule has 2 bridgehead atoms. The number of ketones is 1. The Hall–Kier alpha value is -1.12. The molecule has 0 amide bonds. The largest absolute Gasteiger partial charge is 0.299 e. The zero-order valence-corrected chi connectivity index (χ0v) is 11.7. The zero-order valence-electron chi connectivity index (χ0n) is 11.7. The Morgan fingerprint density at radius 1 is 1.37 bits per heavy atom. The predicted octanol–water partition coefficient (Wildman–Crippen LogP) is 2.87. The van der Waals surface area contributed by atoms with Crippen LogP contribution in [0, 0.1) is 29.6 Å². The second-order valence-electron chi connectivity index (χ2n) is 7.04. The van der Waals surface area contributed by atoms with Crippen molar-refractivity contribution in [3.8, 4) is 0 Å². The van der Waals surface area contributed by atoms with Crippen molar-refractivity contribution < 1.29 is 4.79 Å². The number of rotatable bonds is 4. The summed E-state index contributed by atoms with van der Waals surface area (Å²) in [6, 6.07) is 2.38. The molecule has 3 aliphatic carbocycles. The molecule has 3 heteroatoms. The lowest BCUT2D eigenvalue weighted by Crippen LogP contribution is -2.13. The molecule has 4 rings (SSSR count). The molecule has 0 saturated heterocycles. The van der Waals surface area contributed by atoms with Crippen LogP contribution in [-0.4, -0.2) is 15.6 Å². The van der Waals surface area contributed by atoms with Crippen molar-refractivity contribution in [3.05, 3.63) is 18.0 Å². The van der Waals surface area contributed by atoms with Crippen LogP contribution >= 0.6 is 0 Å². The van der Waals surface area contributed by atoms with Gasteiger partial charge in [0, 0.05) is 18.2 Å². The monoisotopic (exact) mass is 258 g/mol. The summed E-state index contributed by atoms with van der Waals surface area (Å²) < 4.78 is 1.94. The molecule has 0 aliphatic heterocycles. The average molecular weight is 258 g/mol. The molecule has 102 valence electrons. The van der Waals surface area contributed by atoms with Gasteiger partial charge in [-0.05, 0) is 62.8 Å². The van der Waals surface area contributed by atoms with Crippen LogP contribution in [0.2, 0.25) is 0 Å². The summed E-state index contributed by atoms with van der Waals surface area (Å²) in [5, 5.41) is 4.50. The van der Waals surface area contributed by atoms with Crippen LogP contribution in [0.1, 0.15) is 44.8 Å². The van der Waals surface area contributed by atoms with E-state index in [1.165, 1.54) is 19.3 Å². The Morgan fingerprint density at radius 3 is 2.63 bits per heavy atom. The molecule has 1 aromatic heterocycles. The smallest absolute Gasteiger partial charge is 0.142 e. The lowest BCUT2D eigenvalue weighted by Gasteiger charge is -2.07. The van der Waals surface area contributed by atoms with Gasteiger partial charge in [0.05, 0.1) is 12.1 Å². The fraction of sp³-hybridized carbons (Fsp3) is 0.750. The first kappa shape index (κ1) is 11.7. The third-order valence-electron chi connectivity index (χ3n) is 5.66. The van der Waals surface area contributed by atoms with E-state index < -0.39 is 0 Å². The van der Waals surface area contributed by atoms with E-state index in [-0.39, 0.29) is 0 Å². The van der Waals surface area contributed by atoms with Crippen molar-refractivity contribution in [3.63, 3.8) is 0 Å². The number of hydrogen-bond donors (Lipinski definition) is 0. The molecule has 0 radical (unpaired) electrons. The van der Waals surface area contributed by atoms with Gasteiger partial charge in [0.2, 0.25) is 0 Å². The molecule has 4 unspecified atom stereocenters. The fourth-order valence-electron chi connectivity index (χ4n) is 4.81. The maximum absolute atomic E-state index is 12.4. The summed E-state index contributed by atoms with van der Waals surface area (Å²) >= 11 is 0. The van der Waals surface area contributed by atoms with Crippen molar-refractivity contribution in [1.82, 2.24) is 9.78 Å². The lowest BCUT2D eigenvalue weighted by atomic mass is 9.98. The van der Waals surface area contributed by atoms with Gasteiger partial charge in [-0.1, -0.05) is 0 Å². The minimum atomic E-state index is 0.375. The molecule has 3 nitrogen and oxygen atoms in total. The predicted molar refractivity (Wildman–Crippen MR) is 72.6 cm³/mol. The number of aromatic nitrogens is 2. The van der Waals surface area contributed by atoms with Crippen molar-refractivity contribution >= 4 is 5.78 Å². The van der Waals surface area contributed by atoms with E-state index in [1.807, 2.05) is 16.9 Å². The normalized spacial score (nSPS) is 38.8. The van der Waals surface area contributed by atoms with Gasteiger partial charge in [0.1, 0.15) is 5.78 Å².